The summed E-state index contributed by atoms with van der Waals surface area (Å²) in [6, 6.07) is 17.1. The molecular formula is C24H19ClFN4O+. The number of pyridine rings is 2. The standard InChI is InChI=1S/C24H19ClFN4O/c25-22-9-8-17(13-27-22)14-29-16-20(24(31)30-11-4-3-7-23(29)30)19-15-28(12-10-26)21-6-2-1-5-18(19)21/h1-9,11,13,15-16H,10,12,14H2/q+1. The van der Waals surface area contributed by atoms with Gasteiger partial charge in [0, 0.05) is 40.5 Å². The highest BCUT2D eigenvalue weighted by atomic mass is 35.5. The molecule has 0 saturated carbocycles. The van der Waals surface area contributed by atoms with Gasteiger partial charge < -0.3 is 4.57 Å². The number of halogens is 2. The Morgan fingerprint density at radius 3 is 2.68 bits per heavy atom. The van der Waals surface area contributed by atoms with E-state index >= 15 is 0 Å². The third-order valence-corrected chi connectivity index (χ3v) is 5.64. The van der Waals surface area contributed by atoms with Crippen LogP contribution in [0, 0.1) is 0 Å². The van der Waals surface area contributed by atoms with Crippen LogP contribution >= 0.6 is 11.6 Å². The van der Waals surface area contributed by atoms with Gasteiger partial charge in [0.1, 0.15) is 30.1 Å². The Labute approximate surface area is 182 Å². The Kier molecular flexibility index (Phi) is 5.00. The van der Waals surface area contributed by atoms with Gasteiger partial charge in [0.15, 0.2) is 0 Å². The SMILES string of the molecule is O=c1c(-c2cn(CCF)c3ccccc23)c[n+](Cc2ccc(Cl)nc2)c2ccccn12. The molecule has 0 atom stereocenters. The van der Waals surface area contributed by atoms with Crippen molar-refractivity contribution in [1.82, 2.24) is 14.0 Å². The van der Waals surface area contributed by atoms with Crippen LogP contribution in [-0.2, 0) is 13.1 Å². The Hall–Kier alpha value is -3.51. The Balaban J connectivity index is 1.75. The number of benzene rings is 1. The molecule has 5 nitrogen and oxygen atoms in total. The number of hydrogen-bond donors (Lipinski definition) is 0. The zero-order valence-electron chi connectivity index (χ0n) is 16.6. The van der Waals surface area contributed by atoms with Gasteiger partial charge in [-0.1, -0.05) is 41.9 Å². The summed E-state index contributed by atoms with van der Waals surface area (Å²) in [6.45, 7) is 0.290. The van der Waals surface area contributed by atoms with Crippen molar-refractivity contribution >= 4 is 28.2 Å². The third-order valence-electron chi connectivity index (χ3n) is 5.41. The van der Waals surface area contributed by atoms with Crippen molar-refractivity contribution in [1.29, 1.82) is 0 Å². The highest BCUT2D eigenvalue weighted by molar-refractivity contribution is 6.29. The lowest BCUT2D eigenvalue weighted by molar-refractivity contribution is -0.665. The number of hydrogen-bond acceptors (Lipinski definition) is 2. The lowest BCUT2D eigenvalue weighted by atomic mass is 10.1. The van der Waals surface area contributed by atoms with Crippen molar-refractivity contribution in [3.05, 3.63) is 100 Å². The van der Waals surface area contributed by atoms with Gasteiger partial charge in [-0.3, -0.25) is 0 Å². The number of alkyl halides is 1. The van der Waals surface area contributed by atoms with Gasteiger partial charge in [0.25, 0.3) is 5.65 Å². The summed E-state index contributed by atoms with van der Waals surface area (Å²) in [5.74, 6) is 0. The van der Waals surface area contributed by atoms with E-state index in [1.165, 1.54) is 0 Å². The fourth-order valence-corrected chi connectivity index (χ4v) is 4.10. The summed E-state index contributed by atoms with van der Waals surface area (Å²) in [5, 5.41) is 1.35. The first kappa shape index (κ1) is 19.5. The number of aryl methyl sites for hydroxylation is 1. The fraction of sp³-hybridized carbons (Fsp3) is 0.125. The molecule has 0 N–H and O–H groups in total. The molecule has 31 heavy (non-hydrogen) atoms. The van der Waals surface area contributed by atoms with E-state index in [1.54, 1.807) is 22.9 Å². The number of nitrogens with zero attached hydrogens (tertiary/aromatic N) is 4. The van der Waals surface area contributed by atoms with Crippen LogP contribution in [0.5, 0.6) is 0 Å². The highest BCUT2D eigenvalue weighted by Crippen LogP contribution is 2.28. The molecule has 4 heterocycles. The van der Waals surface area contributed by atoms with Crippen molar-refractivity contribution in [3.63, 3.8) is 0 Å². The summed E-state index contributed by atoms with van der Waals surface area (Å²) in [7, 11) is 0. The summed E-state index contributed by atoms with van der Waals surface area (Å²) in [6.07, 6.45) is 7.23. The van der Waals surface area contributed by atoms with E-state index in [4.69, 9.17) is 11.6 Å². The third kappa shape index (κ3) is 3.49. The number of aromatic nitrogens is 4. The van der Waals surface area contributed by atoms with Crippen molar-refractivity contribution in [3.8, 4) is 11.1 Å². The predicted molar refractivity (Wildman–Crippen MR) is 119 cm³/mol. The van der Waals surface area contributed by atoms with E-state index in [-0.39, 0.29) is 12.1 Å². The van der Waals surface area contributed by atoms with Gasteiger partial charge in [-0.15, -0.1) is 0 Å². The van der Waals surface area contributed by atoms with E-state index in [9.17, 15) is 9.18 Å². The normalized spacial score (nSPS) is 11.4. The topological polar surface area (TPSA) is 43.2 Å². The maximum Gasteiger partial charge on any atom is 0.350 e. The molecule has 0 fully saturated rings. The molecule has 5 rings (SSSR count). The van der Waals surface area contributed by atoms with Crippen LogP contribution in [0.1, 0.15) is 5.56 Å². The first-order valence-electron chi connectivity index (χ1n) is 9.94. The van der Waals surface area contributed by atoms with E-state index < -0.39 is 6.67 Å². The molecule has 0 aliphatic heterocycles. The molecule has 0 aliphatic rings. The Bertz CT molecular complexity index is 1460. The molecule has 154 valence electrons. The maximum atomic E-state index is 13.4. The molecular weight excluding hydrogens is 415 g/mol. The minimum atomic E-state index is -0.474. The molecule has 0 amide bonds. The van der Waals surface area contributed by atoms with Gasteiger partial charge in [0.05, 0.1) is 12.7 Å². The van der Waals surface area contributed by atoms with Gasteiger partial charge in [0.2, 0.25) is 0 Å². The monoisotopic (exact) mass is 433 g/mol. The van der Waals surface area contributed by atoms with Gasteiger partial charge in [-0.05, 0) is 18.2 Å². The van der Waals surface area contributed by atoms with Crippen molar-refractivity contribution in [2.24, 2.45) is 0 Å². The summed E-state index contributed by atoms with van der Waals surface area (Å²) in [5.41, 5.74) is 3.85. The zero-order chi connectivity index (χ0) is 21.4. The average Bonchev–Trinajstić information content (AvgIpc) is 3.16. The molecule has 0 radical (unpaired) electrons. The second-order valence-corrected chi connectivity index (χ2v) is 7.72. The summed E-state index contributed by atoms with van der Waals surface area (Å²) >= 11 is 5.93. The number of fused-ring (bicyclic) bond motifs is 2. The van der Waals surface area contributed by atoms with Crippen LogP contribution in [-0.4, -0.2) is 20.6 Å². The van der Waals surface area contributed by atoms with Gasteiger partial charge in [-0.2, -0.15) is 4.40 Å². The van der Waals surface area contributed by atoms with Gasteiger partial charge in [-0.25, -0.2) is 18.7 Å². The van der Waals surface area contributed by atoms with Crippen LogP contribution in [0.4, 0.5) is 4.39 Å². The van der Waals surface area contributed by atoms with Crippen molar-refractivity contribution in [2.75, 3.05) is 6.67 Å². The minimum absolute atomic E-state index is 0.121. The quantitative estimate of drug-likeness (QED) is 0.307. The molecule has 7 heteroatoms. The summed E-state index contributed by atoms with van der Waals surface area (Å²) in [4.78, 5) is 17.6. The molecule has 0 bridgehead atoms. The molecule has 5 aromatic rings. The van der Waals surface area contributed by atoms with E-state index in [2.05, 4.69) is 4.98 Å². The highest BCUT2D eigenvalue weighted by Gasteiger charge is 2.21. The molecule has 0 aliphatic carbocycles. The number of para-hydroxylation sites is 1. The molecule has 0 unspecified atom stereocenters. The first-order valence-corrected chi connectivity index (χ1v) is 10.3. The van der Waals surface area contributed by atoms with Crippen LogP contribution in [0.25, 0.3) is 27.7 Å². The van der Waals surface area contributed by atoms with Crippen LogP contribution < -0.4 is 10.1 Å². The fourth-order valence-electron chi connectivity index (χ4n) is 3.99. The van der Waals surface area contributed by atoms with E-state index in [0.29, 0.717) is 17.3 Å². The van der Waals surface area contributed by atoms with Crippen molar-refractivity contribution in [2.45, 2.75) is 13.1 Å². The first-order chi connectivity index (χ1) is 15.2. The van der Waals surface area contributed by atoms with Crippen LogP contribution in [0.3, 0.4) is 0 Å². The van der Waals surface area contributed by atoms with Crippen LogP contribution in [0.15, 0.2) is 84.2 Å². The van der Waals surface area contributed by atoms with E-state index in [1.807, 2.05) is 70.1 Å². The molecule has 1 aromatic carbocycles. The van der Waals surface area contributed by atoms with Gasteiger partial charge >= 0.3 is 5.56 Å². The lowest BCUT2D eigenvalue weighted by Crippen LogP contribution is -2.40. The maximum absolute atomic E-state index is 13.4. The average molecular weight is 434 g/mol. The predicted octanol–water partition coefficient (Wildman–Crippen LogP) is 4.27. The number of rotatable bonds is 5. The van der Waals surface area contributed by atoms with E-state index in [0.717, 1.165) is 27.7 Å². The lowest BCUT2D eigenvalue weighted by Gasteiger charge is -2.07. The minimum Gasteiger partial charge on any atom is -0.344 e. The Morgan fingerprint density at radius 1 is 1.03 bits per heavy atom. The molecule has 0 spiro atoms. The van der Waals surface area contributed by atoms with Crippen LogP contribution in [0.2, 0.25) is 5.15 Å². The van der Waals surface area contributed by atoms with Crippen molar-refractivity contribution < 1.29 is 8.96 Å². The molecule has 0 saturated heterocycles. The second-order valence-electron chi connectivity index (χ2n) is 7.34. The smallest absolute Gasteiger partial charge is 0.344 e. The largest absolute Gasteiger partial charge is 0.350 e. The summed E-state index contributed by atoms with van der Waals surface area (Å²) < 4.78 is 18.6. The zero-order valence-corrected chi connectivity index (χ0v) is 17.3. The second kappa shape index (κ2) is 7.96. The Morgan fingerprint density at radius 2 is 1.87 bits per heavy atom. The molecule has 4 aromatic heterocycles.